The summed E-state index contributed by atoms with van der Waals surface area (Å²) in [5.41, 5.74) is 7.77. The number of benzene rings is 2. The molecule has 5 heterocycles. The topological polar surface area (TPSA) is 85.3 Å². The lowest BCUT2D eigenvalue weighted by Gasteiger charge is -2.07. The lowest BCUT2D eigenvalue weighted by molar-refractivity contribution is -0.679. The lowest BCUT2D eigenvalue weighted by Crippen LogP contribution is -2.34. The van der Waals surface area contributed by atoms with Gasteiger partial charge in [-0.1, -0.05) is 24.3 Å². The molecule has 5 aromatic rings. The maximum absolute atomic E-state index is 4.79. The van der Waals surface area contributed by atoms with Crippen LogP contribution in [0.3, 0.4) is 0 Å². The van der Waals surface area contributed by atoms with Crippen LogP contribution in [0.4, 0.5) is 0 Å². The van der Waals surface area contributed by atoms with E-state index in [1.54, 1.807) is 0 Å². The third-order valence-electron chi connectivity index (χ3n) is 7.87. The van der Waals surface area contributed by atoms with E-state index in [0.29, 0.717) is 12.1 Å². The molecule has 0 spiro atoms. The Morgan fingerprint density at radius 3 is 2.27 bits per heavy atom. The van der Waals surface area contributed by atoms with Gasteiger partial charge in [0, 0.05) is 22.7 Å². The Hall–Kier alpha value is -3.81. The Kier molecular flexibility index (Phi) is 5.60. The van der Waals surface area contributed by atoms with E-state index in [2.05, 4.69) is 91.9 Å². The normalized spacial score (nSPS) is 19.7. The van der Waals surface area contributed by atoms with Gasteiger partial charge >= 0.3 is 0 Å². The molecule has 2 unspecified atom stereocenters. The number of pyridine rings is 1. The van der Waals surface area contributed by atoms with Crippen LogP contribution in [0.25, 0.3) is 44.5 Å². The molecule has 0 radical (unpaired) electrons. The first-order chi connectivity index (χ1) is 18.2. The van der Waals surface area contributed by atoms with Crippen molar-refractivity contribution in [2.45, 2.75) is 37.8 Å². The third kappa shape index (κ3) is 4.24. The van der Waals surface area contributed by atoms with Gasteiger partial charge in [-0.3, -0.25) is 4.98 Å². The van der Waals surface area contributed by atoms with Crippen LogP contribution in [0.15, 0.2) is 67.1 Å². The molecule has 0 saturated carbocycles. The first kappa shape index (κ1) is 22.4. The first-order valence-corrected chi connectivity index (χ1v) is 13.3. The number of aromatic nitrogens is 5. The maximum Gasteiger partial charge on any atom is 0.271 e. The number of imidazole rings is 2. The highest BCUT2D eigenvalue weighted by molar-refractivity contribution is 5.87. The van der Waals surface area contributed by atoms with Crippen molar-refractivity contribution in [1.29, 1.82) is 0 Å². The Morgan fingerprint density at radius 2 is 1.49 bits per heavy atom. The van der Waals surface area contributed by atoms with Crippen molar-refractivity contribution in [2.24, 2.45) is 7.05 Å². The average molecular weight is 491 g/mol. The van der Waals surface area contributed by atoms with Gasteiger partial charge in [0.1, 0.15) is 18.1 Å². The molecule has 2 aromatic carbocycles. The first-order valence-electron chi connectivity index (χ1n) is 13.3. The van der Waals surface area contributed by atoms with E-state index in [-0.39, 0.29) is 0 Å². The van der Waals surface area contributed by atoms with Crippen molar-refractivity contribution in [3.63, 3.8) is 0 Å². The second-order valence-electron chi connectivity index (χ2n) is 10.4. The lowest BCUT2D eigenvalue weighted by atomic mass is 10.0. The van der Waals surface area contributed by atoms with Crippen LogP contribution in [0.1, 0.15) is 49.4 Å². The van der Waals surface area contributed by atoms with E-state index in [4.69, 9.17) is 4.98 Å². The highest BCUT2D eigenvalue weighted by Crippen LogP contribution is 2.30. The second kappa shape index (κ2) is 9.25. The number of rotatable bonds is 5. The van der Waals surface area contributed by atoms with Gasteiger partial charge in [-0.15, -0.1) is 0 Å². The number of hydrogen-bond donors (Lipinski definition) is 4. The monoisotopic (exact) mass is 490 g/mol. The molecule has 0 bridgehead atoms. The summed E-state index contributed by atoms with van der Waals surface area (Å²) < 4.78 is 2.21. The fourth-order valence-corrected chi connectivity index (χ4v) is 5.79. The smallest absolute Gasteiger partial charge is 0.271 e. The van der Waals surface area contributed by atoms with Gasteiger partial charge in [0.05, 0.1) is 30.5 Å². The summed E-state index contributed by atoms with van der Waals surface area (Å²) in [5.74, 6) is 2.27. The van der Waals surface area contributed by atoms with E-state index in [9.17, 15) is 0 Å². The van der Waals surface area contributed by atoms with Gasteiger partial charge in [0.2, 0.25) is 0 Å². The molecule has 2 saturated heterocycles. The molecule has 7 nitrogen and oxygen atoms in total. The summed E-state index contributed by atoms with van der Waals surface area (Å²) in [4.78, 5) is 16.5. The molecule has 2 atom stereocenters. The van der Waals surface area contributed by atoms with Crippen LogP contribution in [0, 0.1) is 0 Å². The van der Waals surface area contributed by atoms with Gasteiger partial charge in [-0.05, 0) is 74.2 Å². The molecule has 4 N–H and O–H groups in total. The van der Waals surface area contributed by atoms with Gasteiger partial charge in [-0.2, -0.15) is 0 Å². The number of nitrogens with zero attached hydrogens (tertiary/aromatic N) is 3. The van der Waals surface area contributed by atoms with Crippen molar-refractivity contribution in [3.05, 3.63) is 78.8 Å². The van der Waals surface area contributed by atoms with E-state index in [0.717, 1.165) is 53.2 Å². The number of nitrogens with one attached hydrogen (secondary N) is 4. The molecule has 7 heteroatoms. The van der Waals surface area contributed by atoms with E-state index in [1.165, 1.54) is 41.8 Å². The van der Waals surface area contributed by atoms with Crippen molar-refractivity contribution >= 4 is 10.9 Å². The molecule has 0 aliphatic carbocycles. The summed E-state index contributed by atoms with van der Waals surface area (Å²) >= 11 is 0. The van der Waals surface area contributed by atoms with Crippen LogP contribution in [-0.2, 0) is 7.05 Å². The van der Waals surface area contributed by atoms with Crippen molar-refractivity contribution in [3.8, 4) is 33.6 Å². The minimum Gasteiger partial charge on any atom is -0.341 e. The predicted octanol–water partition coefficient (Wildman–Crippen LogP) is 4.96. The van der Waals surface area contributed by atoms with Gasteiger partial charge in [0.15, 0.2) is 5.69 Å². The highest BCUT2D eigenvalue weighted by atomic mass is 15.1. The Bertz CT molecular complexity index is 1550. The third-order valence-corrected chi connectivity index (χ3v) is 7.87. The fourth-order valence-electron chi connectivity index (χ4n) is 5.79. The van der Waals surface area contributed by atoms with Crippen LogP contribution in [-0.4, -0.2) is 33.0 Å². The molecule has 2 aliphatic rings. The molecule has 2 fully saturated rings. The zero-order chi connectivity index (χ0) is 24.8. The summed E-state index contributed by atoms with van der Waals surface area (Å²) in [6, 6.07) is 18.3. The molecule has 2 aliphatic heterocycles. The molecule has 3 aromatic heterocycles. The summed E-state index contributed by atoms with van der Waals surface area (Å²) in [6.07, 6.45) is 10.8. The van der Waals surface area contributed by atoms with Crippen LogP contribution in [0.2, 0.25) is 0 Å². The number of aryl methyl sites for hydroxylation is 1. The van der Waals surface area contributed by atoms with E-state index < -0.39 is 0 Å². The van der Waals surface area contributed by atoms with Crippen molar-refractivity contribution in [1.82, 2.24) is 30.6 Å². The van der Waals surface area contributed by atoms with Gasteiger partial charge in [-0.25, -0.2) is 14.5 Å². The quantitative estimate of drug-likeness (QED) is 0.262. The molecule has 7 rings (SSSR count). The highest BCUT2D eigenvalue weighted by Gasteiger charge is 2.26. The van der Waals surface area contributed by atoms with Crippen molar-refractivity contribution < 1.29 is 4.57 Å². The SMILES string of the molecule is C[n+]1cc(-c2ccc(-c3ccc4cc(-c5cnc(C6CCCN6)[nH]5)cnc4c3)cc2)[nH]c1C1CCCN1. The summed E-state index contributed by atoms with van der Waals surface area (Å²) in [6.45, 7) is 2.16. The zero-order valence-electron chi connectivity index (χ0n) is 21.1. The Labute approximate surface area is 216 Å². The molecule has 0 amide bonds. The molecule has 37 heavy (non-hydrogen) atoms. The van der Waals surface area contributed by atoms with Gasteiger partial charge < -0.3 is 15.6 Å². The van der Waals surface area contributed by atoms with Crippen molar-refractivity contribution in [2.75, 3.05) is 13.1 Å². The zero-order valence-corrected chi connectivity index (χ0v) is 21.1. The number of aromatic amines is 2. The van der Waals surface area contributed by atoms with E-state index in [1.807, 2.05) is 12.4 Å². The summed E-state index contributed by atoms with van der Waals surface area (Å²) in [7, 11) is 2.12. The summed E-state index contributed by atoms with van der Waals surface area (Å²) in [5, 5.41) is 8.21. The van der Waals surface area contributed by atoms with Crippen LogP contribution < -0.4 is 15.2 Å². The molecular formula is C30H32N7+. The fraction of sp³-hybridized carbons (Fsp3) is 0.300. The standard InChI is InChI=1S/C30H31N7/c1-37-18-28(36-30(37)25-5-3-13-32-25)20-8-6-19(7-9-20)21-10-11-22-14-23(16-33-26(22)15-21)27-17-34-29(35-27)24-4-2-12-31-24/h6-11,14-18,24-25,31-32H,2-5,12-13H2,1H3,(H,34,35)/p+1. The predicted molar refractivity (Wildman–Crippen MR) is 146 cm³/mol. The number of fused-ring (bicyclic) bond motifs is 1. The van der Waals surface area contributed by atoms with Gasteiger partial charge in [0.25, 0.3) is 5.82 Å². The second-order valence-corrected chi connectivity index (χ2v) is 10.4. The minimum atomic E-state index is 0.335. The van der Waals surface area contributed by atoms with Crippen LogP contribution in [0.5, 0.6) is 0 Å². The minimum absolute atomic E-state index is 0.335. The number of hydrogen-bond acceptors (Lipinski definition) is 4. The average Bonchev–Trinajstić information content (AvgIpc) is 3.74. The van der Waals surface area contributed by atoms with Crippen LogP contribution >= 0.6 is 0 Å². The Balaban J connectivity index is 1.12. The number of H-pyrrole nitrogens is 2. The largest absolute Gasteiger partial charge is 0.341 e. The van der Waals surface area contributed by atoms with E-state index >= 15 is 0 Å². The Morgan fingerprint density at radius 1 is 0.730 bits per heavy atom. The molecular weight excluding hydrogens is 458 g/mol. The maximum atomic E-state index is 4.79. The molecule has 186 valence electrons.